The zero-order valence-electron chi connectivity index (χ0n) is 11.8. The standard InChI is InChI=1S/C14H19N3O3/c1-10-7-11(17(18)19)3-4-12(10)16-8-13-14(9-16)20-6-5-15(13)2/h3-4,7,13-14H,5-6,8-9H2,1-2H3. The average Bonchev–Trinajstić information content (AvgIpc) is 2.83. The highest BCUT2D eigenvalue weighted by Gasteiger charge is 2.39. The highest BCUT2D eigenvalue weighted by atomic mass is 16.6. The van der Waals surface area contributed by atoms with Crippen molar-refractivity contribution in [3.05, 3.63) is 33.9 Å². The van der Waals surface area contributed by atoms with E-state index < -0.39 is 0 Å². The van der Waals surface area contributed by atoms with Crippen LogP contribution in [0.2, 0.25) is 0 Å². The van der Waals surface area contributed by atoms with Crippen molar-refractivity contribution in [2.45, 2.75) is 19.1 Å². The first-order chi connectivity index (χ1) is 9.56. The minimum Gasteiger partial charge on any atom is -0.373 e. The number of nitro groups is 1. The summed E-state index contributed by atoms with van der Waals surface area (Å²) in [5, 5.41) is 10.8. The normalized spacial score (nSPS) is 26.6. The van der Waals surface area contributed by atoms with Gasteiger partial charge in [-0.1, -0.05) is 0 Å². The lowest BCUT2D eigenvalue weighted by molar-refractivity contribution is -0.384. The number of nitrogens with zero attached hydrogens (tertiary/aromatic N) is 3. The fourth-order valence-electron chi connectivity index (χ4n) is 3.16. The Bertz CT molecular complexity index is 534. The third kappa shape index (κ3) is 2.25. The Kier molecular flexibility index (Phi) is 3.35. The number of fused-ring (bicyclic) bond motifs is 1. The number of ether oxygens (including phenoxy) is 1. The number of likely N-dealkylation sites (N-methyl/N-ethyl adjacent to an activating group) is 1. The van der Waals surface area contributed by atoms with E-state index in [1.54, 1.807) is 12.1 Å². The van der Waals surface area contributed by atoms with Crippen LogP contribution in [-0.4, -0.2) is 55.3 Å². The molecule has 0 bridgehead atoms. The second-order valence-corrected chi connectivity index (χ2v) is 5.59. The first kappa shape index (κ1) is 13.3. The van der Waals surface area contributed by atoms with Gasteiger partial charge in [0.25, 0.3) is 5.69 Å². The van der Waals surface area contributed by atoms with Crippen LogP contribution in [0.3, 0.4) is 0 Å². The summed E-state index contributed by atoms with van der Waals surface area (Å²) in [6.07, 6.45) is 0.239. The lowest BCUT2D eigenvalue weighted by Gasteiger charge is -2.33. The summed E-state index contributed by atoms with van der Waals surface area (Å²) in [6.45, 7) is 5.45. The quantitative estimate of drug-likeness (QED) is 0.604. The molecule has 1 aromatic carbocycles. The van der Waals surface area contributed by atoms with Gasteiger partial charge in [0, 0.05) is 37.5 Å². The Balaban J connectivity index is 1.82. The van der Waals surface area contributed by atoms with E-state index in [9.17, 15) is 10.1 Å². The molecule has 2 fully saturated rings. The third-order valence-electron chi connectivity index (χ3n) is 4.31. The zero-order chi connectivity index (χ0) is 14.3. The van der Waals surface area contributed by atoms with Gasteiger partial charge in [-0.3, -0.25) is 15.0 Å². The van der Waals surface area contributed by atoms with Crippen LogP contribution < -0.4 is 4.90 Å². The van der Waals surface area contributed by atoms with E-state index in [0.717, 1.165) is 37.5 Å². The van der Waals surface area contributed by atoms with Gasteiger partial charge in [0.05, 0.1) is 23.7 Å². The van der Waals surface area contributed by atoms with Crippen LogP contribution in [-0.2, 0) is 4.74 Å². The minimum atomic E-state index is -0.350. The van der Waals surface area contributed by atoms with Gasteiger partial charge in [0.2, 0.25) is 0 Å². The number of rotatable bonds is 2. The van der Waals surface area contributed by atoms with E-state index in [1.165, 1.54) is 0 Å². The molecule has 0 aliphatic carbocycles. The van der Waals surface area contributed by atoms with Crippen LogP contribution in [0, 0.1) is 17.0 Å². The van der Waals surface area contributed by atoms with Crippen LogP contribution in [0.4, 0.5) is 11.4 Å². The summed E-state index contributed by atoms with van der Waals surface area (Å²) in [4.78, 5) is 15.1. The van der Waals surface area contributed by atoms with Gasteiger partial charge in [-0.05, 0) is 25.6 Å². The van der Waals surface area contributed by atoms with Gasteiger partial charge in [-0.25, -0.2) is 0 Å². The smallest absolute Gasteiger partial charge is 0.269 e. The van der Waals surface area contributed by atoms with Crippen LogP contribution in [0.15, 0.2) is 18.2 Å². The van der Waals surface area contributed by atoms with Crippen molar-refractivity contribution in [1.29, 1.82) is 0 Å². The molecule has 0 saturated carbocycles. The Morgan fingerprint density at radius 3 is 2.85 bits per heavy atom. The molecule has 2 aliphatic heterocycles. The molecule has 3 rings (SSSR count). The number of hydrogen-bond donors (Lipinski definition) is 0. The molecule has 0 spiro atoms. The highest BCUT2D eigenvalue weighted by Crippen LogP contribution is 2.30. The second kappa shape index (κ2) is 5.03. The summed E-state index contributed by atoms with van der Waals surface area (Å²) in [7, 11) is 2.13. The SMILES string of the molecule is Cc1cc([N+](=O)[O-])ccc1N1CC2OCCN(C)C2C1. The monoisotopic (exact) mass is 277 g/mol. The molecule has 2 aliphatic rings. The molecule has 2 saturated heterocycles. The van der Waals surface area contributed by atoms with Gasteiger partial charge in [0.15, 0.2) is 0 Å². The van der Waals surface area contributed by atoms with Crippen molar-refractivity contribution in [1.82, 2.24) is 4.90 Å². The lowest BCUT2D eigenvalue weighted by Crippen LogP contribution is -2.48. The number of nitro benzene ring substituents is 1. The van der Waals surface area contributed by atoms with E-state index >= 15 is 0 Å². The van der Waals surface area contributed by atoms with E-state index in [1.807, 2.05) is 13.0 Å². The molecule has 2 unspecified atom stereocenters. The molecule has 0 radical (unpaired) electrons. The number of non-ortho nitro benzene ring substituents is 1. The van der Waals surface area contributed by atoms with E-state index in [0.29, 0.717) is 6.04 Å². The summed E-state index contributed by atoms with van der Waals surface area (Å²) in [5.74, 6) is 0. The van der Waals surface area contributed by atoms with Gasteiger partial charge in [-0.2, -0.15) is 0 Å². The number of anilines is 1. The molecule has 6 nitrogen and oxygen atoms in total. The van der Waals surface area contributed by atoms with Gasteiger partial charge in [0.1, 0.15) is 0 Å². The molecule has 2 heterocycles. The van der Waals surface area contributed by atoms with Gasteiger partial charge in [-0.15, -0.1) is 0 Å². The van der Waals surface area contributed by atoms with Crippen molar-refractivity contribution in [2.24, 2.45) is 0 Å². The first-order valence-corrected chi connectivity index (χ1v) is 6.88. The van der Waals surface area contributed by atoms with E-state index in [-0.39, 0.29) is 16.7 Å². The predicted molar refractivity (Wildman–Crippen MR) is 76.2 cm³/mol. The van der Waals surface area contributed by atoms with Crippen molar-refractivity contribution >= 4 is 11.4 Å². The van der Waals surface area contributed by atoms with Crippen LogP contribution in [0.25, 0.3) is 0 Å². The lowest BCUT2D eigenvalue weighted by atomic mass is 10.1. The third-order valence-corrected chi connectivity index (χ3v) is 4.31. The molecular weight excluding hydrogens is 258 g/mol. The zero-order valence-corrected chi connectivity index (χ0v) is 11.8. The molecule has 1 aromatic rings. The van der Waals surface area contributed by atoms with Gasteiger partial charge >= 0.3 is 0 Å². The van der Waals surface area contributed by atoms with Crippen LogP contribution in [0.5, 0.6) is 0 Å². The molecule has 0 N–H and O–H groups in total. The van der Waals surface area contributed by atoms with Crippen LogP contribution in [0.1, 0.15) is 5.56 Å². The van der Waals surface area contributed by atoms with E-state index in [2.05, 4.69) is 16.8 Å². The topological polar surface area (TPSA) is 58.9 Å². The van der Waals surface area contributed by atoms with Crippen molar-refractivity contribution in [2.75, 3.05) is 38.2 Å². The molecule has 6 heteroatoms. The Labute approximate surface area is 118 Å². The molecule has 0 aromatic heterocycles. The van der Waals surface area contributed by atoms with Crippen molar-refractivity contribution in [3.8, 4) is 0 Å². The van der Waals surface area contributed by atoms with Crippen LogP contribution >= 0.6 is 0 Å². The molecule has 108 valence electrons. The Hall–Kier alpha value is -1.66. The largest absolute Gasteiger partial charge is 0.373 e. The summed E-state index contributed by atoms with van der Waals surface area (Å²) >= 11 is 0. The maximum Gasteiger partial charge on any atom is 0.269 e. The maximum atomic E-state index is 10.8. The molecule has 20 heavy (non-hydrogen) atoms. The highest BCUT2D eigenvalue weighted by molar-refractivity contribution is 5.58. The minimum absolute atomic E-state index is 0.149. The summed E-state index contributed by atoms with van der Waals surface area (Å²) < 4.78 is 5.83. The molecular formula is C14H19N3O3. The number of morpholine rings is 1. The first-order valence-electron chi connectivity index (χ1n) is 6.88. The molecule has 2 atom stereocenters. The number of hydrogen-bond acceptors (Lipinski definition) is 5. The summed E-state index contributed by atoms with van der Waals surface area (Å²) in [5.41, 5.74) is 2.17. The Morgan fingerprint density at radius 1 is 1.40 bits per heavy atom. The number of benzene rings is 1. The predicted octanol–water partition coefficient (Wildman–Crippen LogP) is 1.42. The van der Waals surface area contributed by atoms with Gasteiger partial charge < -0.3 is 9.64 Å². The Morgan fingerprint density at radius 2 is 2.20 bits per heavy atom. The second-order valence-electron chi connectivity index (χ2n) is 5.59. The van der Waals surface area contributed by atoms with E-state index in [4.69, 9.17) is 4.74 Å². The van der Waals surface area contributed by atoms with Crippen molar-refractivity contribution in [3.63, 3.8) is 0 Å². The summed E-state index contributed by atoms with van der Waals surface area (Å²) in [6, 6.07) is 5.49. The fourth-order valence-corrected chi connectivity index (χ4v) is 3.16. The maximum absolute atomic E-state index is 10.8. The molecule has 0 amide bonds. The van der Waals surface area contributed by atoms with Crippen molar-refractivity contribution < 1.29 is 9.66 Å². The fraction of sp³-hybridized carbons (Fsp3) is 0.571. The average molecular weight is 277 g/mol. The number of aryl methyl sites for hydroxylation is 1.